The molecule has 1 aromatic carbocycles. The summed E-state index contributed by atoms with van der Waals surface area (Å²) in [6.07, 6.45) is 4.42. The van der Waals surface area contributed by atoms with Crippen LogP contribution in [0.1, 0.15) is 29.6 Å². The second-order valence-electron chi connectivity index (χ2n) is 5.43. The maximum Gasteiger partial charge on any atom is 0.256 e. The van der Waals surface area contributed by atoms with Gasteiger partial charge in [0, 0.05) is 18.1 Å². The Morgan fingerprint density at radius 3 is 2.86 bits per heavy atom. The summed E-state index contributed by atoms with van der Waals surface area (Å²) < 4.78 is 0. The standard InChI is InChI=1S/C16H19N3O2/c17-15-13-7-2-1-6-12(13)14(9-18-15)16(21)19-8-4-3-5-11(19)10-20/h1-2,6-7,9,11,20H,3-5,8,10H2,(H2,17,18). The predicted octanol–water partition coefficient (Wildman–Crippen LogP) is 1.80. The third-order valence-corrected chi connectivity index (χ3v) is 4.16. The molecule has 5 heteroatoms. The number of carbonyl (C=O) groups excluding carboxylic acids is 1. The van der Waals surface area contributed by atoms with Crippen LogP contribution in [0, 0.1) is 0 Å². The monoisotopic (exact) mass is 285 g/mol. The summed E-state index contributed by atoms with van der Waals surface area (Å²) in [6.45, 7) is 0.689. The summed E-state index contributed by atoms with van der Waals surface area (Å²) >= 11 is 0. The van der Waals surface area contributed by atoms with Gasteiger partial charge in [-0.15, -0.1) is 0 Å². The topological polar surface area (TPSA) is 79.5 Å². The zero-order valence-electron chi connectivity index (χ0n) is 11.8. The lowest BCUT2D eigenvalue weighted by molar-refractivity contribution is 0.0504. The lowest BCUT2D eigenvalue weighted by Crippen LogP contribution is -2.45. The van der Waals surface area contributed by atoms with E-state index >= 15 is 0 Å². The predicted molar refractivity (Wildman–Crippen MR) is 81.9 cm³/mol. The Kier molecular flexibility index (Phi) is 3.75. The van der Waals surface area contributed by atoms with Crippen molar-refractivity contribution in [1.29, 1.82) is 0 Å². The Morgan fingerprint density at radius 1 is 1.33 bits per heavy atom. The molecule has 1 saturated heterocycles. The average molecular weight is 285 g/mol. The number of aliphatic hydroxyl groups is 1. The van der Waals surface area contributed by atoms with Gasteiger partial charge in [0.05, 0.1) is 18.2 Å². The number of piperidine rings is 1. The molecular weight excluding hydrogens is 266 g/mol. The molecule has 1 aromatic heterocycles. The molecule has 0 saturated carbocycles. The van der Waals surface area contributed by atoms with Gasteiger partial charge in [-0.05, 0) is 24.6 Å². The summed E-state index contributed by atoms with van der Waals surface area (Å²) in [5, 5.41) is 11.1. The first-order valence-electron chi connectivity index (χ1n) is 7.27. The number of hydrogen-bond donors (Lipinski definition) is 2. The van der Waals surface area contributed by atoms with E-state index in [-0.39, 0.29) is 18.6 Å². The smallest absolute Gasteiger partial charge is 0.256 e. The molecule has 1 unspecified atom stereocenters. The number of aromatic nitrogens is 1. The SMILES string of the molecule is Nc1ncc(C(=O)N2CCCCC2CO)c2ccccc12. The normalized spacial score (nSPS) is 18.9. The fourth-order valence-corrected chi connectivity index (χ4v) is 3.00. The van der Waals surface area contributed by atoms with Gasteiger partial charge in [0.15, 0.2) is 0 Å². The van der Waals surface area contributed by atoms with Crippen LogP contribution < -0.4 is 5.73 Å². The molecule has 1 aliphatic rings. The number of pyridine rings is 1. The van der Waals surface area contributed by atoms with Crippen molar-refractivity contribution in [2.45, 2.75) is 25.3 Å². The maximum atomic E-state index is 12.8. The number of carbonyl (C=O) groups is 1. The van der Waals surface area contributed by atoms with Crippen molar-refractivity contribution in [3.05, 3.63) is 36.0 Å². The van der Waals surface area contributed by atoms with Crippen LogP contribution in [0.3, 0.4) is 0 Å². The number of nitrogens with two attached hydrogens (primary N) is 1. The Morgan fingerprint density at radius 2 is 2.10 bits per heavy atom. The molecule has 0 bridgehead atoms. The number of fused-ring (bicyclic) bond motifs is 1. The van der Waals surface area contributed by atoms with Crippen LogP contribution in [0.4, 0.5) is 5.82 Å². The van der Waals surface area contributed by atoms with Crippen molar-refractivity contribution in [3.63, 3.8) is 0 Å². The molecule has 0 spiro atoms. The van der Waals surface area contributed by atoms with Crippen LogP contribution in [0.15, 0.2) is 30.5 Å². The average Bonchev–Trinajstić information content (AvgIpc) is 2.55. The molecule has 1 aliphatic heterocycles. The molecule has 21 heavy (non-hydrogen) atoms. The Bertz CT molecular complexity index is 672. The molecule has 1 fully saturated rings. The summed E-state index contributed by atoms with van der Waals surface area (Å²) in [5.74, 6) is 0.358. The Balaban J connectivity index is 2.03. The largest absolute Gasteiger partial charge is 0.394 e. The highest BCUT2D eigenvalue weighted by Gasteiger charge is 2.28. The van der Waals surface area contributed by atoms with Crippen LogP contribution >= 0.6 is 0 Å². The zero-order chi connectivity index (χ0) is 14.8. The number of amides is 1. The van der Waals surface area contributed by atoms with E-state index < -0.39 is 0 Å². The van der Waals surface area contributed by atoms with Crippen molar-refractivity contribution in [3.8, 4) is 0 Å². The number of hydrogen-bond acceptors (Lipinski definition) is 4. The minimum atomic E-state index is -0.0948. The molecule has 1 atom stereocenters. The molecule has 2 aromatic rings. The summed E-state index contributed by atoms with van der Waals surface area (Å²) in [5.41, 5.74) is 6.44. The van der Waals surface area contributed by atoms with Gasteiger partial charge in [-0.2, -0.15) is 0 Å². The van der Waals surface area contributed by atoms with E-state index in [1.165, 1.54) is 0 Å². The third kappa shape index (κ3) is 2.45. The number of nitrogens with zero attached hydrogens (tertiary/aromatic N) is 2. The fraction of sp³-hybridized carbons (Fsp3) is 0.375. The molecule has 0 aliphatic carbocycles. The number of aliphatic hydroxyl groups excluding tert-OH is 1. The quantitative estimate of drug-likeness (QED) is 0.882. The van der Waals surface area contributed by atoms with Crippen LogP contribution in [-0.2, 0) is 0 Å². The summed E-state index contributed by atoms with van der Waals surface area (Å²) in [7, 11) is 0. The molecular formula is C16H19N3O2. The van der Waals surface area contributed by atoms with Crippen molar-refractivity contribution in [2.24, 2.45) is 0 Å². The first-order chi connectivity index (χ1) is 10.2. The Labute approximate surface area is 123 Å². The zero-order valence-corrected chi connectivity index (χ0v) is 11.8. The number of nitrogen functional groups attached to an aromatic ring is 1. The first-order valence-corrected chi connectivity index (χ1v) is 7.27. The number of anilines is 1. The van der Waals surface area contributed by atoms with Crippen LogP contribution in [0.2, 0.25) is 0 Å². The van der Waals surface area contributed by atoms with E-state index in [1.54, 1.807) is 11.1 Å². The van der Waals surface area contributed by atoms with Crippen molar-refractivity contribution in [2.75, 3.05) is 18.9 Å². The van der Waals surface area contributed by atoms with E-state index in [4.69, 9.17) is 5.73 Å². The van der Waals surface area contributed by atoms with Gasteiger partial charge in [0.1, 0.15) is 5.82 Å². The van der Waals surface area contributed by atoms with Gasteiger partial charge in [0.25, 0.3) is 5.91 Å². The van der Waals surface area contributed by atoms with Crippen LogP contribution in [0.5, 0.6) is 0 Å². The highest BCUT2D eigenvalue weighted by atomic mass is 16.3. The van der Waals surface area contributed by atoms with Gasteiger partial charge in [-0.3, -0.25) is 4.79 Å². The van der Waals surface area contributed by atoms with Crippen LogP contribution in [0.25, 0.3) is 10.8 Å². The molecule has 3 N–H and O–H groups in total. The van der Waals surface area contributed by atoms with Crippen molar-refractivity contribution >= 4 is 22.5 Å². The minimum absolute atomic E-state index is 0.00603. The van der Waals surface area contributed by atoms with Gasteiger partial charge in [0.2, 0.25) is 0 Å². The molecule has 5 nitrogen and oxygen atoms in total. The van der Waals surface area contributed by atoms with Gasteiger partial charge >= 0.3 is 0 Å². The van der Waals surface area contributed by atoms with Gasteiger partial charge < -0.3 is 15.7 Å². The number of rotatable bonds is 2. The van der Waals surface area contributed by atoms with E-state index in [2.05, 4.69) is 4.98 Å². The molecule has 0 radical (unpaired) electrons. The molecule has 3 rings (SSSR count). The second kappa shape index (κ2) is 5.69. The van der Waals surface area contributed by atoms with Crippen molar-refractivity contribution < 1.29 is 9.90 Å². The van der Waals surface area contributed by atoms with Crippen molar-refractivity contribution in [1.82, 2.24) is 9.88 Å². The fourth-order valence-electron chi connectivity index (χ4n) is 3.00. The number of benzene rings is 1. The molecule has 2 heterocycles. The highest BCUT2D eigenvalue weighted by molar-refractivity contribution is 6.09. The van der Waals surface area contributed by atoms with E-state index in [0.29, 0.717) is 17.9 Å². The Hall–Kier alpha value is -2.14. The third-order valence-electron chi connectivity index (χ3n) is 4.16. The maximum absolute atomic E-state index is 12.8. The minimum Gasteiger partial charge on any atom is -0.394 e. The summed E-state index contributed by atoms with van der Waals surface area (Å²) in [6, 6.07) is 7.43. The highest BCUT2D eigenvalue weighted by Crippen LogP contribution is 2.26. The second-order valence-corrected chi connectivity index (χ2v) is 5.43. The summed E-state index contributed by atoms with van der Waals surface area (Å²) in [4.78, 5) is 18.7. The van der Waals surface area contributed by atoms with E-state index in [0.717, 1.165) is 30.0 Å². The van der Waals surface area contributed by atoms with Gasteiger partial charge in [-0.1, -0.05) is 24.3 Å². The first kappa shape index (κ1) is 13.8. The molecule has 1 amide bonds. The van der Waals surface area contributed by atoms with E-state index in [9.17, 15) is 9.90 Å². The van der Waals surface area contributed by atoms with Crippen LogP contribution in [-0.4, -0.2) is 40.1 Å². The lowest BCUT2D eigenvalue weighted by atomic mass is 10.00. The van der Waals surface area contributed by atoms with E-state index in [1.807, 2.05) is 24.3 Å². The lowest BCUT2D eigenvalue weighted by Gasteiger charge is -2.34. The van der Waals surface area contributed by atoms with Gasteiger partial charge in [-0.25, -0.2) is 4.98 Å². The number of likely N-dealkylation sites (tertiary alicyclic amines) is 1. The molecule has 110 valence electrons.